The molecule has 33 heavy (non-hydrogen) atoms. The molecule has 1 aliphatic carbocycles. The minimum Gasteiger partial charge on any atom is -0.310 e. The first-order valence-corrected chi connectivity index (χ1v) is 11.6. The molecule has 4 aromatic heterocycles. The second-order valence-electron chi connectivity index (χ2n) is 8.33. The first kappa shape index (κ1) is 21.6. The molecule has 0 aromatic carbocycles. The van der Waals surface area contributed by atoms with Crippen LogP contribution in [0.2, 0.25) is 0 Å². The minimum atomic E-state index is -1.07. The zero-order valence-corrected chi connectivity index (χ0v) is 19.7. The molecule has 0 spiro atoms. The normalized spacial score (nSPS) is 17.5. The second-order valence-corrected chi connectivity index (χ2v) is 9.14. The Balaban J connectivity index is 1.60. The summed E-state index contributed by atoms with van der Waals surface area (Å²) >= 11 is 3.56. The van der Waals surface area contributed by atoms with Crippen LogP contribution < -0.4 is 5.32 Å². The van der Waals surface area contributed by atoms with Gasteiger partial charge in [-0.05, 0) is 53.4 Å². The number of alkyl halides is 1. The SMILES string of the molecule is CCCC(=O)c1cc(C)c(-c2cc3cnc(NC(=O)C4CC4F)cc3n3c(Br)cnc23)cn1. The van der Waals surface area contributed by atoms with Gasteiger partial charge >= 0.3 is 0 Å². The molecule has 1 aliphatic rings. The summed E-state index contributed by atoms with van der Waals surface area (Å²) in [7, 11) is 0. The van der Waals surface area contributed by atoms with E-state index in [4.69, 9.17) is 0 Å². The van der Waals surface area contributed by atoms with Gasteiger partial charge in [0.1, 0.15) is 27.9 Å². The van der Waals surface area contributed by atoms with E-state index in [1.54, 1.807) is 24.7 Å². The number of nitrogens with zero attached hydrogens (tertiary/aromatic N) is 4. The molecule has 2 atom stereocenters. The molecule has 0 aliphatic heterocycles. The Bertz CT molecular complexity index is 1430. The number of anilines is 1. The van der Waals surface area contributed by atoms with Crippen molar-refractivity contribution in [2.45, 2.75) is 39.3 Å². The average molecular weight is 510 g/mol. The number of hydrogen-bond donors (Lipinski definition) is 1. The van der Waals surface area contributed by atoms with Crippen molar-refractivity contribution in [3.8, 4) is 11.1 Å². The number of nitrogens with one attached hydrogen (secondary N) is 1. The van der Waals surface area contributed by atoms with Gasteiger partial charge in [0.05, 0.1) is 17.6 Å². The molecule has 2 unspecified atom stereocenters. The van der Waals surface area contributed by atoms with E-state index in [0.717, 1.165) is 38.6 Å². The van der Waals surface area contributed by atoms with Crippen molar-refractivity contribution >= 4 is 50.0 Å². The number of carbonyl (C=O) groups excluding carboxylic acids is 2. The van der Waals surface area contributed by atoms with Gasteiger partial charge in [-0.15, -0.1) is 0 Å². The predicted molar refractivity (Wildman–Crippen MR) is 127 cm³/mol. The topological polar surface area (TPSA) is 89.2 Å². The van der Waals surface area contributed by atoms with Gasteiger partial charge in [-0.3, -0.25) is 19.0 Å². The first-order chi connectivity index (χ1) is 15.9. The summed E-state index contributed by atoms with van der Waals surface area (Å²) < 4.78 is 15.9. The van der Waals surface area contributed by atoms with Crippen molar-refractivity contribution in [3.05, 3.63) is 52.7 Å². The lowest BCUT2D eigenvalue weighted by Crippen LogP contribution is -2.16. The molecule has 0 radical (unpaired) electrons. The molecule has 5 rings (SSSR count). The standard InChI is InChI=1S/C24H21BrFN5O2/c1-3-4-20(32)18-5-12(2)16(10-27-18)14-6-13-9-28-22(30-24(33)15-7-17(15)26)8-19(13)31-21(25)11-29-23(14)31/h5-6,8-11,15,17H,3-4,7H2,1-2H3,(H,28,30,33). The minimum absolute atomic E-state index is 0.0309. The van der Waals surface area contributed by atoms with Gasteiger partial charge in [-0.2, -0.15) is 0 Å². The predicted octanol–water partition coefficient (Wildman–Crippen LogP) is 5.29. The van der Waals surface area contributed by atoms with Crippen LogP contribution in [-0.4, -0.2) is 37.2 Å². The van der Waals surface area contributed by atoms with Crippen LogP contribution in [-0.2, 0) is 4.79 Å². The van der Waals surface area contributed by atoms with Crippen molar-refractivity contribution < 1.29 is 14.0 Å². The Hall–Kier alpha value is -3.20. The van der Waals surface area contributed by atoms with E-state index in [9.17, 15) is 14.0 Å². The summed E-state index contributed by atoms with van der Waals surface area (Å²) in [6.07, 6.45) is 5.53. The third kappa shape index (κ3) is 3.90. The zero-order chi connectivity index (χ0) is 23.3. The molecule has 1 saturated carbocycles. The van der Waals surface area contributed by atoms with Crippen LogP contribution in [0.5, 0.6) is 0 Å². The maximum atomic E-state index is 13.2. The molecule has 0 saturated heterocycles. The Morgan fingerprint density at radius 1 is 1.15 bits per heavy atom. The van der Waals surface area contributed by atoms with Crippen LogP contribution >= 0.6 is 15.9 Å². The Morgan fingerprint density at radius 2 is 1.94 bits per heavy atom. The lowest BCUT2D eigenvalue weighted by molar-refractivity contribution is -0.117. The molecule has 4 aromatic rings. The number of rotatable bonds is 6. The molecule has 7 nitrogen and oxygen atoms in total. The van der Waals surface area contributed by atoms with Crippen LogP contribution in [0.1, 0.15) is 42.2 Å². The van der Waals surface area contributed by atoms with Gasteiger partial charge in [-0.1, -0.05) is 6.92 Å². The molecule has 1 amide bonds. The first-order valence-electron chi connectivity index (χ1n) is 10.8. The molecule has 0 bridgehead atoms. The van der Waals surface area contributed by atoms with E-state index in [0.29, 0.717) is 23.6 Å². The number of pyridine rings is 3. The lowest BCUT2D eigenvalue weighted by Gasteiger charge is -2.13. The van der Waals surface area contributed by atoms with Gasteiger partial charge in [-0.25, -0.2) is 14.4 Å². The maximum absolute atomic E-state index is 13.2. The summed E-state index contributed by atoms with van der Waals surface area (Å²) in [5, 5.41) is 3.53. The number of aromatic nitrogens is 4. The number of carbonyl (C=O) groups is 2. The fourth-order valence-corrected chi connectivity index (χ4v) is 4.46. The average Bonchev–Trinajstić information content (AvgIpc) is 3.41. The van der Waals surface area contributed by atoms with Gasteiger partial charge in [0, 0.05) is 41.4 Å². The Kier molecular flexibility index (Phi) is 5.44. The smallest absolute Gasteiger partial charge is 0.231 e. The van der Waals surface area contributed by atoms with E-state index in [1.807, 2.05) is 30.4 Å². The highest BCUT2D eigenvalue weighted by molar-refractivity contribution is 9.10. The monoisotopic (exact) mass is 509 g/mol. The molecule has 9 heteroatoms. The number of ketones is 1. The molecule has 168 valence electrons. The van der Waals surface area contributed by atoms with Crippen LogP contribution in [0.3, 0.4) is 0 Å². The van der Waals surface area contributed by atoms with Gasteiger partial charge < -0.3 is 5.32 Å². The van der Waals surface area contributed by atoms with Crippen molar-refractivity contribution in [1.82, 2.24) is 19.4 Å². The van der Waals surface area contributed by atoms with Gasteiger partial charge in [0.2, 0.25) is 5.91 Å². The highest BCUT2D eigenvalue weighted by Gasteiger charge is 2.43. The highest BCUT2D eigenvalue weighted by atomic mass is 79.9. The quantitative estimate of drug-likeness (QED) is 0.356. The van der Waals surface area contributed by atoms with Crippen LogP contribution in [0.25, 0.3) is 27.7 Å². The van der Waals surface area contributed by atoms with E-state index >= 15 is 0 Å². The zero-order valence-electron chi connectivity index (χ0n) is 18.1. The Labute approximate surface area is 197 Å². The van der Waals surface area contributed by atoms with Crippen molar-refractivity contribution in [3.63, 3.8) is 0 Å². The number of fused-ring (bicyclic) bond motifs is 3. The fraction of sp³-hybridized carbons (Fsp3) is 0.292. The summed E-state index contributed by atoms with van der Waals surface area (Å²) in [6.45, 7) is 3.92. The third-order valence-electron chi connectivity index (χ3n) is 5.88. The maximum Gasteiger partial charge on any atom is 0.231 e. The summed E-state index contributed by atoms with van der Waals surface area (Å²) in [6, 6.07) is 5.54. The van der Waals surface area contributed by atoms with Gasteiger partial charge in [0.25, 0.3) is 0 Å². The van der Waals surface area contributed by atoms with E-state index in [-0.39, 0.29) is 18.1 Å². The number of amides is 1. The summed E-state index contributed by atoms with van der Waals surface area (Å²) in [5.74, 6) is -0.555. The summed E-state index contributed by atoms with van der Waals surface area (Å²) in [4.78, 5) is 37.7. The summed E-state index contributed by atoms with van der Waals surface area (Å²) in [5.41, 5.74) is 4.59. The lowest BCUT2D eigenvalue weighted by atomic mass is 10.0. The third-order valence-corrected chi connectivity index (χ3v) is 6.44. The number of imidazole rings is 1. The van der Waals surface area contributed by atoms with E-state index in [1.165, 1.54) is 0 Å². The van der Waals surface area contributed by atoms with Crippen molar-refractivity contribution in [2.24, 2.45) is 5.92 Å². The molecular weight excluding hydrogens is 489 g/mol. The number of aryl methyl sites for hydroxylation is 1. The number of halogens is 2. The van der Waals surface area contributed by atoms with Gasteiger partial charge in [0.15, 0.2) is 5.78 Å². The van der Waals surface area contributed by atoms with E-state index in [2.05, 4.69) is 36.2 Å². The van der Waals surface area contributed by atoms with Crippen LogP contribution in [0, 0.1) is 12.8 Å². The number of Topliss-reactive ketones (excluding diaryl/α,β-unsaturated/α-hetero) is 1. The second kappa shape index (κ2) is 8.30. The van der Waals surface area contributed by atoms with Crippen molar-refractivity contribution in [2.75, 3.05) is 5.32 Å². The van der Waals surface area contributed by atoms with Crippen LogP contribution in [0.4, 0.5) is 10.2 Å². The molecule has 4 heterocycles. The molecule has 1 fully saturated rings. The Morgan fingerprint density at radius 3 is 2.64 bits per heavy atom. The fourth-order valence-electron chi connectivity index (χ4n) is 4.00. The number of hydrogen-bond acceptors (Lipinski definition) is 5. The molecular formula is C24H21BrFN5O2. The van der Waals surface area contributed by atoms with E-state index < -0.39 is 12.1 Å². The highest BCUT2D eigenvalue weighted by Crippen LogP contribution is 2.36. The van der Waals surface area contributed by atoms with Crippen molar-refractivity contribution in [1.29, 1.82) is 0 Å². The molecule has 1 N–H and O–H groups in total. The largest absolute Gasteiger partial charge is 0.310 e. The van der Waals surface area contributed by atoms with Crippen LogP contribution in [0.15, 0.2) is 41.4 Å².